The van der Waals surface area contributed by atoms with Crippen LogP contribution in [0.5, 0.6) is 11.5 Å². The van der Waals surface area contributed by atoms with Gasteiger partial charge in [0.05, 0.1) is 17.1 Å². The number of aromatic nitrogens is 5. The van der Waals surface area contributed by atoms with Gasteiger partial charge in [0.15, 0.2) is 22.1 Å². The molecule has 3 aliphatic heterocycles. The Labute approximate surface area is 260 Å². The van der Waals surface area contributed by atoms with Crippen LogP contribution < -0.4 is 13.9 Å². The lowest BCUT2D eigenvalue weighted by molar-refractivity contribution is -0.946. The van der Waals surface area contributed by atoms with Gasteiger partial charge in [-0.3, -0.25) is 0 Å². The van der Waals surface area contributed by atoms with Crippen molar-refractivity contribution in [2.24, 2.45) is 0 Å². The molecule has 10 aromatic rings. The van der Waals surface area contributed by atoms with E-state index in [1.54, 1.807) is 0 Å². The largest absolute Gasteiger partial charge is 0.456 e. The lowest BCUT2D eigenvalue weighted by Crippen LogP contribution is -2.75. The van der Waals surface area contributed by atoms with Crippen LogP contribution in [-0.2, 0) is 5.66 Å². The molecule has 3 aliphatic rings. The Bertz CT molecular complexity index is 3130. The fourth-order valence-corrected chi connectivity index (χ4v) is 9.29. The number of imidazole rings is 1. The van der Waals surface area contributed by atoms with E-state index in [0.717, 1.165) is 55.8 Å². The van der Waals surface area contributed by atoms with Gasteiger partial charge in [0.2, 0.25) is 0 Å². The van der Waals surface area contributed by atoms with Crippen molar-refractivity contribution < 1.29 is 13.9 Å². The van der Waals surface area contributed by atoms with E-state index < -0.39 is 5.66 Å². The molecular weight excluding hydrogens is 566 g/mol. The van der Waals surface area contributed by atoms with Crippen molar-refractivity contribution in [3.8, 4) is 17.3 Å². The number of nitrogens with zero attached hydrogens (tertiary/aromatic N) is 5. The van der Waals surface area contributed by atoms with Crippen molar-refractivity contribution in [1.82, 2.24) is 14.0 Å². The molecule has 0 amide bonds. The summed E-state index contributed by atoms with van der Waals surface area (Å²) in [5.74, 6) is 2.91. The van der Waals surface area contributed by atoms with E-state index in [9.17, 15) is 0 Å². The van der Waals surface area contributed by atoms with Gasteiger partial charge >= 0.3 is 11.3 Å². The van der Waals surface area contributed by atoms with Gasteiger partial charge in [0.25, 0.3) is 5.82 Å². The molecule has 6 nitrogen and oxygen atoms in total. The molecule has 13 rings (SSSR count). The minimum absolute atomic E-state index is 0.726. The van der Waals surface area contributed by atoms with Crippen molar-refractivity contribution in [3.63, 3.8) is 0 Å². The molecule has 0 saturated heterocycles. The van der Waals surface area contributed by atoms with Gasteiger partial charge in [0, 0.05) is 27.6 Å². The lowest BCUT2D eigenvalue weighted by Gasteiger charge is -2.36. The van der Waals surface area contributed by atoms with E-state index in [0.29, 0.717) is 0 Å². The molecule has 0 saturated carbocycles. The maximum atomic E-state index is 6.96. The van der Waals surface area contributed by atoms with Crippen molar-refractivity contribution in [1.29, 1.82) is 0 Å². The summed E-state index contributed by atoms with van der Waals surface area (Å²) in [7, 11) is 0. The van der Waals surface area contributed by atoms with Crippen molar-refractivity contribution in [2.75, 3.05) is 0 Å². The highest BCUT2D eigenvalue weighted by Gasteiger charge is 2.65. The molecule has 0 radical (unpaired) electrons. The molecule has 0 N–H and O–H groups in total. The summed E-state index contributed by atoms with van der Waals surface area (Å²) < 4.78 is 16.9. The molecule has 46 heavy (non-hydrogen) atoms. The lowest BCUT2D eigenvalue weighted by atomic mass is 9.83. The molecule has 0 aliphatic carbocycles. The third-order valence-corrected chi connectivity index (χ3v) is 10.8. The molecule has 0 bridgehead atoms. The van der Waals surface area contributed by atoms with Gasteiger partial charge in [-0.2, -0.15) is 18.1 Å². The predicted octanol–water partition coefficient (Wildman–Crippen LogP) is 7.65. The van der Waals surface area contributed by atoms with E-state index in [-0.39, 0.29) is 0 Å². The van der Waals surface area contributed by atoms with Crippen LogP contribution >= 0.6 is 0 Å². The molecule has 5 aromatic carbocycles. The maximum Gasteiger partial charge on any atom is 0.319 e. The monoisotopic (exact) mass is 587 g/mol. The van der Waals surface area contributed by atoms with Crippen molar-refractivity contribution in [2.45, 2.75) is 5.66 Å². The summed E-state index contributed by atoms with van der Waals surface area (Å²) in [6.45, 7) is 0. The third-order valence-electron chi connectivity index (χ3n) is 10.8. The summed E-state index contributed by atoms with van der Waals surface area (Å²) in [5.41, 5.74) is 10.6. The summed E-state index contributed by atoms with van der Waals surface area (Å²) in [4.78, 5) is 5.35. The zero-order valence-electron chi connectivity index (χ0n) is 24.3. The van der Waals surface area contributed by atoms with Crippen molar-refractivity contribution in [3.05, 3.63) is 139 Å². The number of rotatable bonds is 0. The van der Waals surface area contributed by atoms with Crippen molar-refractivity contribution >= 4 is 71.2 Å². The van der Waals surface area contributed by atoms with E-state index in [4.69, 9.17) is 9.72 Å². The van der Waals surface area contributed by atoms with Crippen LogP contribution in [0.4, 0.5) is 0 Å². The Morgan fingerprint density at radius 3 is 2.39 bits per heavy atom. The minimum Gasteiger partial charge on any atom is -0.456 e. The summed E-state index contributed by atoms with van der Waals surface area (Å²) in [5, 5.41) is 5.94. The Morgan fingerprint density at radius 2 is 1.43 bits per heavy atom. The Morgan fingerprint density at radius 1 is 0.652 bits per heavy atom. The van der Waals surface area contributed by atoms with Crippen LogP contribution in [0.2, 0.25) is 0 Å². The summed E-state index contributed by atoms with van der Waals surface area (Å²) in [6, 6.07) is 43.7. The molecule has 6 heteroatoms. The SMILES string of the molecule is c1cc[n+]2c(c1)-n1c3ccccc3c3ccc4c(c31)C21c2c(ccc3c5nc6ccccc6cc5n5c6ccccc6[n+]1c5c23)O4. The molecule has 1 spiro atoms. The van der Waals surface area contributed by atoms with E-state index in [1.165, 1.54) is 43.8 Å². The molecule has 210 valence electrons. The maximum absolute atomic E-state index is 6.96. The minimum atomic E-state index is -0.726. The first-order chi connectivity index (χ1) is 22.8. The van der Waals surface area contributed by atoms with E-state index >= 15 is 0 Å². The van der Waals surface area contributed by atoms with Gasteiger partial charge in [-0.25, -0.2) is 4.98 Å². The number of ether oxygens (including phenoxy) is 1. The first kappa shape index (κ1) is 22.3. The molecule has 8 heterocycles. The molecule has 1 unspecified atom stereocenters. The number of pyridine rings is 3. The zero-order chi connectivity index (χ0) is 29.5. The first-order valence-electron chi connectivity index (χ1n) is 15.7. The average Bonchev–Trinajstić information content (AvgIpc) is 3.74. The second-order valence-electron chi connectivity index (χ2n) is 12.8. The summed E-state index contributed by atoms with van der Waals surface area (Å²) in [6.07, 6.45) is 2.26. The quantitative estimate of drug-likeness (QED) is 0.104. The standard InChI is InChI=1S/C40H21N5O/c1-3-11-26-22(9-1)21-30-37(41-26)25-17-19-31-35-34(25)39-43(30)28-13-5-6-14-29(28)45(39)40(35)36-32(46-31)18-16-24-23-10-2-4-12-27(23)44(38(24)36)33-15-7-8-20-42(33)40/h1-21H/q+2. The van der Waals surface area contributed by atoms with E-state index in [2.05, 4.69) is 146 Å². The molecule has 1 atom stereocenters. The van der Waals surface area contributed by atoms with Gasteiger partial charge < -0.3 is 4.74 Å². The first-order valence-corrected chi connectivity index (χ1v) is 15.7. The van der Waals surface area contributed by atoms with Crippen LogP contribution in [0.3, 0.4) is 0 Å². The second-order valence-corrected chi connectivity index (χ2v) is 12.8. The van der Waals surface area contributed by atoms with Crippen LogP contribution in [0.25, 0.3) is 77.0 Å². The highest BCUT2D eigenvalue weighted by Crippen LogP contribution is 2.57. The normalized spacial score (nSPS) is 17.0. The van der Waals surface area contributed by atoms with Crippen LogP contribution in [0.15, 0.2) is 128 Å². The summed E-state index contributed by atoms with van der Waals surface area (Å²) >= 11 is 0. The second kappa shape index (κ2) is 7.00. The fourth-order valence-electron chi connectivity index (χ4n) is 9.29. The van der Waals surface area contributed by atoms with Crippen LogP contribution in [-0.4, -0.2) is 14.0 Å². The smallest absolute Gasteiger partial charge is 0.319 e. The van der Waals surface area contributed by atoms with Crippen LogP contribution in [0, 0.1) is 0 Å². The number of benzene rings is 5. The highest BCUT2D eigenvalue weighted by atomic mass is 16.5. The highest BCUT2D eigenvalue weighted by molar-refractivity contribution is 6.17. The predicted molar refractivity (Wildman–Crippen MR) is 178 cm³/mol. The third kappa shape index (κ3) is 2.10. The topological polar surface area (TPSA) is 39.2 Å². The van der Waals surface area contributed by atoms with Crippen LogP contribution in [0.1, 0.15) is 11.1 Å². The zero-order valence-corrected chi connectivity index (χ0v) is 24.3. The fraction of sp³-hybridized carbons (Fsp3) is 0.0250. The Kier molecular flexibility index (Phi) is 3.39. The average molecular weight is 588 g/mol. The van der Waals surface area contributed by atoms with Gasteiger partial charge in [-0.05, 0) is 66.7 Å². The van der Waals surface area contributed by atoms with Gasteiger partial charge in [0.1, 0.15) is 33.7 Å². The molecule has 0 fully saturated rings. The Hall–Kier alpha value is -6.27. The van der Waals surface area contributed by atoms with E-state index in [1.807, 2.05) is 0 Å². The van der Waals surface area contributed by atoms with Gasteiger partial charge in [-0.15, -0.1) is 0 Å². The Balaban J connectivity index is 1.39. The number of hydrogen-bond donors (Lipinski definition) is 0. The number of para-hydroxylation sites is 4. The van der Waals surface area contributed by atoms with Gasteiger partial charge in [-0.1, -0.05) is 48.5 Å². The molecule has 5 aromatic heterocycles. The number of hydrogen-bond acceptors (Lipinski definition) is 2. The molecular formula is C40H21N5O+2. The number of fused-ring (bicyclic) bond motifs is 12.